The van der Waals surface area contributed by atoms with E-state index in [1.807, 2.05) is 13.0 Å². The van der Waals surface area contributed by atoms with Crippen molar-refractivity contribution in [2.24, 2.45) is 5.73 Å². The zero-order valence-electron chi connectivity index (χ0n) is 11.6. The molecule has 0 bridgehead atoms. The molecule has 4 N–H and O–H groups in total. The lowest BCUT2D eigenvalue weighted by molar-refractivity contribution is 0.102. The maximum atomic E-state index is 12.1. The topological polar surface area (TPSA) is 88.0 Å². The van der Waals surface area contributed by atoms with Gasteiger partial charge in [0.1, 0.15) is 5.56 Å². The summed E-state index contributed by atoms with van der Waals surface area (Å²) in [6.45, 7) is 2.20. The second kappa shape index (κ2) is 6.55. The third-order valence-electron chi connectivity index (χ3n) is 2.88. The smallest absolute Gasteiger partial charge is 0.261 e. The normalized spacial score (nSPS) is 9.62. The Kier molecular flexibility index (Phi) is 4.54. The lowest BCUT2D eigenvalue weighted by Crippen LogP contribution is -2.22. The quantitative estimate of drug-likeness (QED) is 0.724. The highest BCUT2D eigenvalue weighted by molar-refractivity contribution is 6.04. The molecule has 1 amide bonds. The van der Waals surface area contributed by atoms with E-state index in [1.54, 1.807) is 18.2 Å². The van der Waals surface area contributed by atoms with Crippen molar-refractivity contribution < 1.29 is 4.79 Å². The van der Waals surface area contributed by atoms with Crippen molar-refractivity contribution >= 4 is 11.6 Å². The van der Waals surface area contributed by atoms with Crippen LogP contribution in [0.25, 0.3) is 0 Å². The van der Waals surface area contributed by atoms with E-state index in [9.17, 15) is 9.59 Å². The molecule has 0 unspecified atom stereocenters. The van der Waals surface area contributed by atoms with E-state index in [-0.39, 0.29) is 12.1 Å². The lowest BCUT2D eigenvalue weighted by atomic mass is 10.1. The number of H-pyrrole nitrogens is 1. The van der Waals surface area contributed by atoms with Gasteiger partial charge in [0.05, 0.1) is 6.54 Å². The monoisotopic (exact) mass is 281 g/mol. The first kappa shape index (κ1) is 14.6. The molecule has 1 aromatic heterocycles. The summed E-state index contributed by atoms with van der Waals surface area (Å²) in [5, 5.41) is 2.69. The number of hydrogen-bond acceptors (Lipinski definition) is 3. The Morgan fingerprint density at radius 1 is 1.38 bits per heavy atom. The van der Waals surface area contributed by atoms with Gasteiger partial charge >= 0.3 is 0 Å². The third kappa shape index (κ3) is 3.59. The molecule has 1 heterocycles. The summed E-state index contributed by atoms with van der Waals surface area (Å²) in [6.07, 6.45) is 1.48. The first-order valence-electron chi connectivity index (χ1n) is 6.40. The van der Waals surface area contributed by atoms with E-state index in [0.717, 1.165) is 11.1 Å². The van der Waals surface area contributed by atoms with Crippen LogP contribution in [-0.2, 0) is 0 Å². The third-order valence-corrected chi connectivity index (χ3v) is 2.88. The summed E-state index contributed by atoms with van der Waals surface area (Å²) in [4.78, 5) is 26.1. The van der Waals surface area contributed by atoms with Gasteiger partial charge in [-0.15, -0.1) is 0 Å². The van der Waals surface area contributed by atoms with Gasteiger partial charge in [0, 0.05) is 17.4 Å². The molecule has 1 aromatic carbocycles. The Morgan fingerprint density at radius 3 is 2.90 bits per heavy atom. The fourth-order valence-corrected chi connectivity index (χ4v) is 1.78. The van der Waals surface area contributed by atoms with Crippen molar-refractivity contribution in [3.8, 4) is 11.8 Å². The number of aromatic nitrogens is 1. The van der Waals surface area contributed by atoms with Gasteiger partial charge in [-0.2, -0.15) is 0 Å². The van der Waals surface area contributed by atoms with E-state index in [0.29, 0.717) is 5.69 Å². The highest BCUT2D eigenvalue weighted by Crippen LogP contribution is 2.15. The van der Waals surface area contributed by atoms with Crippen molar-refractivity contribution in [1.29, 1.82) is 0 Å². The first-order chi connectivity index (χ1) is 10.1. The van der Waals surface area contributed by atoms with E-state index < -0.39 is 11.5 Å². The molecule has 21 heavy (non-hydrogen) atoms. The van der Waals surface area contributed by atoms with E-state index >= 15 is 0 Å². The maximum absolute atomic E-state index is 12.1. The number of aromatic amines is 1. The number of amides is 1. The minimum absolute atomic E-state index is 0.0627. The number of nitrogens with two attached hydrogens (primary N) is 1. The van der Waals surface area contributed by atoms with Crippen LogP contribution < -0.4 is 16.6 Å². The van der Waals surface area contributed by atoms with Gasteiger partial charge in [-0.25, -0.2) is 0 Å². The molecule has 5 nitrogen and oxygen atoms in total. The summed E-state index contributed by atoms with van der Waals surface area (Å²) >= 11 is 0. The largest absolute Gasteiger partial charge is 0.328 e. The molecule has 0 saturated carbocycles. The van der Waals surface area contributed by atoms with Crippen LogP contribution in [0.3, 0.4) is 0 Å². The predicted octanol–water partition coefficient (Wildman–Crippen LogP) is 1.25. The second-order valence-electron chi connectivity index (χ2n) is 4.40. The van der Waals surface area contributed by atoms with Gasteiger partial charge in [0.15, 0.2) is 0 Å². The number of anilines is 1. The zero-order valence-corrected chi connectivity index (χ0v) is 11.6. The first-order valence-corrected chi connectivity index (χ1v) is 6.40. The molecule has 5 heteroatoms. The van der Waals surface area contributed by atoms with Crippen molar-refractivity contribution in [2.45, 2.75) is 6.92 Å². The highest BCUT2D eigenvalue weighted by Gasteiger charge is 2.10. The molecule has 0 saturated heterocycles. The summed E-state index contributed by atoms with van der Waals surface area (Å²) in [6, 6.07) is 8.44. The summed E-state index contributed by atoms with van der Waals surface area (Å²) in [5.74, 6) is 5.26. The zero-order chi connectivity index (χ0) is 15.2. The fraction of sp³-hybridized carbons (Fsp3) is 0.125. The molecule has 0 atom stereocenters. The van der Waals surface area contributed by atoms with Crippen LogP contribution in [0.4, 0.5) is 5.69 Å². The van der Waals surface area contributed by atoms with Gasteiger partial charge in [-0.05, 0) is 36.8 Å². The molecule has 2 aromatic rings. The van der Waals surface area contributed by atoms with Crippen LogP contribution in [0.5, 0.6) is 0 Å². The van der Waals surface area contributed by atoms with Crippen LogP contribution in [0.15, 0.2) is 41.3 Å². The number of benzene rings is 1. The van der Waals surface area contributed by atoms with E-state index in [4.69, 9.17) is 5.73 Å². The van der Waals surface area contributed by atoms with E-state index in [1.165, 1.54) is 12.3 Å². The average Bonchev–Trinajstić information content (AvgIpc) is 2.48. The molecule has 0 spiro atoms. The van der Waals surface area contributed by atoms with Gasteiger partial charge in [-0.3, -0.25) is 9.59 Å². The Hall–Kier alpha value is -2.84. The summed E-state index contributed by atoms with van der Waals surface area (Å²) in [7, 11) is 0. The van der Waals surface area contributed by atoms with Crippen molar-refractivity contribution in [2.75, 3.05) is 11.9 Å². The van der Waals surface area contributed by atoms with Gasteiger partial charge < -0.3 is 16.0 Å². The van der Waals surface area contributed by atoms with Crippen molar-refractivity contribution in [1.82, 2.24) is 4.98 Å². The molecule has 0 fully saturated rings. The molecule has 106 valence electrons. The minimum Gasteiger partial charge on any atom is -0.328 e. The van der Waals surface area contributed by atoms with Gasteiger partial charge in [-0.1, -0.05) is 17.9 Å². The number of aryl methyl sites for hydroxylation is 1. The van der Waals surface area contributed by atoms with Crippen LogP contribution in [0, 0.1) is 18.8 Å². The average molecular weight is 281 g/mol. The Balaban J connectivity index is 2.26. The molecule has 2 rings (SSSR count). The number of rotatable bonds is 2. The van der Waals surface area contributed by atoms with Crippen LogP contribution in [0.2, 0.25) is 0 Å². The van der Waals surface area contributed by atoms with Crippen molar-refractivity contribution in [3.05, 3.63) is 63.6 Å². The van der Waals surface area contributed by atoms with Crippen LogP contribution in [-0.4, -0.2) is 17.4 Å². The SMILES string of the molecule is Cc1ccc(NC(=O)c2ccc[nH]c2=O)cc1C#CCN. The second-order valence-corrected chi connectivity index (χ2v) is 4.40. The molecular formula is C16H15N3O2. The van der Waals surface area contributed by atoms with Gasteiger partial charge in [0.2, 0.25) is 0 Å². The Labute approximate surface area is 122 Å². The van der Waals surface area contributed by atoms with Crippen molar-refractivity contribution in [3.63, 3.8) is 0 Å². The Bertz CT molecular complexity index is 782. The number of hydrogen-bond donors (Lipinski definition) is 3. The lowest BCUT2D eigenvalue weighted by Gasteiger charge is -2.06. The fourth-order valence-electron chi connectivity index (χ4n) is 1.78. The van der Waals surface area contributed by atoms with Gasteiger partial charge in [0.25, 0.3) is 11.5 Å². The number of nitrogens with one attached hydrogen (secondary N) is 2. The molecule has 0 aliphatic carbocycles. The predicted molar refractivity (Wildman–Crippen MR) is 82.1 cm³/mol. The molecule has 0 radical (unpaired) electrons. The van der Waals surface area contributed by atoms with Crippen LogP contribution in [0.1, 0.15) is 21.5 Å². The highest BCUT2D eigenvalue weighted by atomic mass is 16.2. The number of carbonyl (C=O) groups is 1. The maximum Gasteiger partial charge on any atom is 0.261 e. The number of carbonyl (C=O) groups excluding carboxylic acids is 1. The minimum atomic E-state index is -0.460. The summed E-state index contributed by atoms with van der Waals surface area (Å²) in [5.41, 5.74) is 7.36. The standard InChI is InChI=1S/C16H15N3O2/c1-11-6-7-13(10-12(11)4-2-8-17)19-16(21)14-5-3-9-18-15(14)20/h3,5-7,9-10H,8,17H2,1H3,(H,18,20)(H,19,21). The summed E-state index contributed by atoms with van der Waals surface area (Å²) < 4.78 is 0. The molecular weight excluding hydrogens is 266 g/mol. The Morgan fingerprint density at radius 2 is 2.19 bits per heavy atom. The molecule has 0 aliphatic heterocycles. The van der Waals surface area contributed by atoms with Crippen LogP contribution >= 0.6 is 0 Å². The molecule has 0 aliphatic rings. The van der Waals surface area contributed by atoms with E-state index in [2.05, 4.69) is 22.1 Å². The number of pyridine rings is 1.